The molecule has 6 rings (SSSR count). The third-order valence-corrected chi connectivity index (χ3v) is 16.3. The van der Waals surface area contributed by atoms with Crippen LogP contribution in [0.5, 0.6) is 0 Å². The van der Waals surface area contributed by atoms with Gasteiger partial charge in [0.1, 0.15) is 33.1 Å². The predicted molar refractivity (Wildman–Crippen MR) is 277 cm³/mol. The number of aromatic nitrogens is 6. The van der Waals surface area contributed by atoms with Crippen LogP contribution in [0.2, 0.25) is 0 Å². The van der Waals surface area contributed by atoms with Crippen LogP contribution in [0.4, 0.5) is 0 Å². The van der Waals surface area contributed by atoms with Gasteiger partial charge in [-0.05, 0) is 77.0 Å². The van der Waals surface area contributed by atoms with Crippen molar-refractivity contribution in [2.24, 2.45) is 0 Å². The van der Waals surface area contributed by atoms with Crippen molar-refractivity contribution in [1.82, 2.24) is 29.9 Å². The molecule has 0 radical (unpaired) electrons. The molecule has 0 unspecified atom stereocenters. The van der Waals surface area contributed by atoms with Crippen LogP contribution >= 0.6 is 34.0 Å². The average Bonchev–Trinajstić information content (AvgIpc) is 4.01. The third kappa shape index (κ3) is 13.6. The Morgan fingerprint density at radius 1 is 0.286 bits per heavy atom. The van der Waals surface area contributed by atoms with Crippen molar-refractivity contribution >= 4 is 67.1 Å². The van der Waals surface area contributed by atoms with Gasteiger partial charge in [0.15, 0.2) is 0 Å². The van der Waals surface area contributed by atoms with Crippen molar-refractivity contribution < 1.29 is 0 Å². The fraction of sp³-hybridized carbons (Fsp3) is 0.667. The molecule has 0 spiro atoms. The zero-order valence-electron chi connectivity index (χ0n) is 40.3. The highest BCUT2D eigenvalue weighted by Gasteiger charge is 2.26. The minimum Gasteiger partial charge on any atom is -0.248 e. The fourth-order valence-corrected chi connectivity index (χ4v) is 12.4. The first-order valence-corrected chi connectivity index (χ1v) is 28.5. The number of nitrogens with zero attached hydrogens (tertiary/aromatic N) is 6. The van der Waals surface area contributed by atoms with E-state index in [-0.39, 0.29) is 0 Å². The molecular weight excluding hydrogens is 829 g/mol. The summed E-state index contributed by atoms with van der Waals surface area (Å²) in [6.07, 6.45) is 35.6. The second kappa shape index (κ2) is 26.9. The summed E-state index contributed by atoms with van der Waals surface area (Å²) in [7, 11) is 0. The molecule has 63 heavy (non-hydrogen) atoms. The Bertz CT molecular complexity index is 2110. The minimum absolute atomic E-state index is 0.987. The average molecular weight is 909 g/mol. The Morgan fingerprint density at radius 2 is 0.540 bits per heavy atom. The maximum atomic E-state index is 5.73. The molecule has 6 nitrogen and oxygen atoms in total. The summed E-state index contributed by atoms with van der Waals surface area (Å²) in [4.78, 5) is 38.3. The molecule has 0 fully saturated rings. The Labute approximate surface area is 393 Å². The lowest BCUT2D eigenvalue weighted by Crippen LogP contribution is -2.04. The molecule has 0 amide bonds. The highest BCUT2D eigenvalue weighted by molar-refractivity contribution is 7.28. The van der Waals surface area contributed by atoms with Gasteiger partial charge in [-0.15, -0.1) is 34.0 Å². The van der Waals surface area contributed by atoms with Crippen molar-refractivity contribution in [3.8, 4) is 19.5 Å². The van der Waals surface area contributed by atoms with Crippen molar-refractivity contribution in [1.29, 1.82) is 0 Å². The van der Waals surface area contributed by atoms with Crippen molar-refractivity contribution in [2.45, 2.75) is 234 Å². The molecule has 0 atom stereocenters. The van der Waals surface area contributed by atoms with Crippen molar-refractivity contribution in [2.75, 3.05) is 0 Å². The van der Waals surface area contributed by atoms with Crippen LogP contribution in [0, 0.1) is 0 Å². The van der Waals surface area contributed by atoms with Crippen LogP contribution in [0.15, 0.2) is 10.8 Å². The Hall–Kier alpha value is -2.88. The molecule has 0 bridgehead atoms. The number of hydrogen-bond acceptors (Lipinski definition) is 9. The largest absolute Gasteiger partial charge is 0.248 e. The molecule has 6 aromatic rings. The summed E-state index contributed by atoms with van der Waals surface area (Å²) in [5, 5.41) is 4.53. The van der Waals surface area contributed by atoms with Gasteiger partial charge in [-0.2, -0.15) is 0 Å². The molecule has 344 valence electrons. The number of aryl methyl sites for hydroxylation is 6. The van der Waals surface area contributed by atoms with E-state index in [1.54, 1.807) is 22.7 Å². The van der Waals surface area contributed by atoms with Crippen molar-refractivity contribution in [3.63, 3.8) is 0 Å². The van der Waals surface area contributed by atoms with E-state index in [4.69, 9.17) is 29.9 Å². The van der Waals surface area contributed by atoms with Crippen LogP contribution in [0.1, 0.15) is 230 Å². The first-order valence-electron chi connectivity index (χ1n) is 25.9. The van der Waals surface area contributed by atoms with Crippen molar-refractivity contribution in [3.05, 3.63) is 44.9 Å². The summed E-state index contributed by atoms with van der Waals surface area (Å²) in [5.41, 5.74) is 13.5. The van der Waals surface area contributed by atoms with Gasteiger partial charge >= 0.3 is 0 Å². The second-order valence-electron chi connectivity index (χ2n) is 18.3. The van der Waals surface area contributed by atoms with Gasteiger partial charge in [0.25, 0.3) is 0 Å². The van der Waals surface area contributed by atoms with Gasteiger partial charge in [-0.3, -0.25) is 0 Å². The van der Waals surface area contributed by atoms with Gasteiger partial charge < -0.3 is 0 Å². The Morgan fingerprint density at radius 3 is 0.810 bits per heavy atom. The number of rotatable bonds is 32. The molecule has 0 aromatic carbocycles. The highest BCUT2D eigenvalue weighted by atomic mass is 32.1. The van der Waals surface area contributed by atoms with Crippen LogP contribution < -0.4 is 0 Å². The summed E-state index contributed by atoms with van der Waals surface area (Å²) in [6, 6.07) is 0. The Balaban J connectivity index is 1.51. The van der Waals surface area contributed by atoms with Gasteiger partial charge in [0, 0.05) is 10.8 Å². The van der Waals surface area contributed by atoms with Crippen LogP contribution in [-0.4, -0.2) is 29.9 Å². The van der Waals surface area contributed by atoms with E-state index in [9.17, 15) is 0 Å². The van der Waals surface area contributed by atoms with Gasteiger partial charge in [-0.1, -0.05) is 157 Å². The lowest BCUT2D eigenvalue weighted by Gasteiger charge is -2.11. The fourth-order valence-electron chi connectivity index (χ4n) is 9.05. The van der Waals surface area contributed by atoms with E-state index < -0.39 is 0 Å². The normalized spacial score (nSPS) is 12.0. The maximum Gasteiger partial charge on any atom is 0.109 e. The molecular formula is C54H80N6S3. The zero-order valence-corrected chi connectivity index (χ0v) is 42.7. The molecule has 6 aromatic heterocycles. The number of unbranched alkanes of at least 4 members (excludes halogenated alkanes) is 18. The SMILES string of the molecule is CCCCCCc1nc2csc(-c3sc(-c4scc5nc(CCCCCC)c(CCCCCC)nc45)c4nc(CCCCCC)c(CCCCCC)nc34)c2nc1CCCCCC. The zero-order chi connectivity index (χ0) is 44.2. The summed E-state index contributed by atoms with van der Waals surface area (Å²) < 4.78 is 0. The number of hydrogen-bond donors (Lipinski definition) is 0. The van der Waals surface area contributed by atoms with E-state index in [0.717, 1.165) is 84.5 Å². The number of fused-ring (bicyclic) bond motifs is 3. The van der Waals surface area contributed by atoms with Crippen LogP contribution in [-0.2, 0) is 38.5 Å². The molecule has 6 heterocycles. The smallest absolute Gasteiger partial charge is 0.109 e. The van der Waals surface area contributed by atoms with Gasteiger partial charge in [-0.25, -0.2) is 29.9 Å². The molecule has 0 saturated heterocycles. The molecule has 0 aliphatic carbocycles. The summed E-state index contributed by atoms with van der Waals surface area (Å²) in [5.74, 6) is 0. The predicted octanol–water partition coefficient (Wildman–Crippen LogP) is 17.8. The minimum atomic E-state index is 0.987. The summed E-state index contributed by atoms with van der Waals surface area (Å²) >= 11 is 5.47. The first-order chi connectivity index (χ1) is 31.0. The lowest BCUT2D eigenvalue weighted by atomic mass is 10.0. The van der Waals surface area contributed by atoms with E-state index in [1.165, 1.54) is 195 Å². The second-order valence-corrected chi connectivity index (χ2v) is 21.0. The molecule has 0 saturated carbocycles. The van der Waals surface area contributed by atoms with E-state index in [1.807, 2.05) is 11.3 Å². The first kappa shape index (κ1) is 49.6. The Kier molecular flexibility index (Phi) is 21.2. The standard InChI is InChI=1S/C54H80N6S3/c1-7-13-19-25-31-39-41(33-27-21-15-9-3)57-47-45(55-39)37-61-51(47)53-49-50(60-44(36-30-24-18-12-6)43(59-49)35-29-23-17-11-5)54(63-53)52-48-46(38-62-52)56-40(32-26-20-14-8-2)42(58-48)34-28-22-16-10-4/h37-38H,7-36H2,1-6H3. The van der Waals surface area contributed by atoms with Gasteiger partial charge in [0.2, 0.25) is 0 Å². The molecule has 0 aliphatic rings. The van der Waals surface area contributed by atoms with E-state index in [0.29, 0.717) is 0 Å². The quantitative estimate of drug-likeness (QED) is 0.0392. The highest BCUT2D eigenvalue weighted by Crippen LogP contribution is 2.49. The third-order valence-electron chi connectivity index (χ3n) is 12.9. The molecule has 0 aliphatic heterocycles. The number of thiophene rings is 3. The summed E-state index contributed by atoms with van der Waals surface area (Å²) in [6.45, 7) is 13.8. The van der Waals surface area contributed by atoms with Crippen LogP contribution in [0.3, 0.4) is 0 Å². The lowest BCUT2D eigenvalue weighted by molar-refractivity contribution is 0.639. The van der Waals surface area contributed by atoms with E-state index in [2.05, 4.69) is 52.3 Å². The monoisotopic (exact) mass is 909 g/mol. The topological polar surface area (TPSA) is 77.3 Å². The van der Waals surface area contributed by atoms with Crippen LogP contribution in [0.25, 0.3) is 52.6 Å². The molecule has 9 heteroatoms. The molecule has 0 N–H and O–H groups in total. The maximum absolute atomic E-state index is 5.73. The van der Waals surface area contributed by atoms with E-state index >= 15 is 0 Å². The van der Waals surface area contributed by atoms with Gasteiger partial charge in [0.05, 0.1) is 53.7 Å².